The fourth-order valence-corrected chi connectivity index (χ4v) is 4.37. The minimum Gasteiger partial charge on any atom is -0.438 e. The van der Waals surface area contributed by atoms with Gasteiger partial charge in [-0.1, -0.05) is 53.7 Å². The summed E-state index contributed by atoms with van der Waals surface area (Å²) >= 11 is 0. The summed E-state index contributed by atoms with van der Waals surface area (Å²) in [5.41, 5.74) is 3.33. The Bertz CT molecular complexity index is 1790. The molecule has 0 saturated heterocycles. The van der Waals surface area contributed by atoms with E-state index >= 15 is 0 Å². The Labute approximate surface area is 230 Å². The first-order chi connectivity index (χ1) is 18.8. The van der Waals surface area contributed by atoms with Crippen molar-refractivity contribution >= 4 is 28.0 Å². The molecule has 0 aliphatic carbocycles. The van der Waals surface area contributed by atoms with Crippen molar-refractivity contribution in [2.45, 2.75) is 66.2 Å². The molecule has 0 amide bonds. The van der Waals surface area contributed by atoms with Crippen molar-refractivity contribution in [2.75, 3.05) is 0 Å². The van der Waals surface area contributed by atoms with E-state index < -0.39 is 5.78 Å². The zero-order chi connectivity index (χ0) is 28.6. The van der Waals surface area contributed by atoms with E-state index in [1.165, 1.54) is 0 Å². The second kappa shape index (κ2) is 8.67. The van der Waals surface area contributed by atoms with Gasteiger partial charge in [0.2, 0.25) is 23.4 Å². The van der Waals surface area contributed by atoms with E-state index in [1.54, 1.807) is 23.2 Å². The maximum atomic E-state index is 13.5. The molecule has 40 heavy (non-hydrogen) atoms. The number of hydrogen-bond acceptors (Lipinski definition) is 9. The summed E-state index contributed by atoms with van der Waals surface area (Å²) in [5, 5.41) is 9.04. The standard InChI is InChI=1S/C29H30N8O3/c1-15-30-24(34-36(15)19-13-9-11-17-22(19)39-26(32-17)28(3,4)5)21(38)25-31-16(2)37(35-25)20-14-10-12-18-23(20)40-27(33-18)29(6,7)8/h9-14H,1-8H3. The van der Waals surface area contributed by atoms with Gasteiger partial charge in [-0.3, -0.25) is 4.79 Å². The molecule has 11 heteroatoms. The number of aryl methyl sites for hydroxylation is 2. The highest BCUT2D eigenvalue weighted by atomic mass is 16.4. The fourth-order valence-electron chi connectivity index (χ4n) is 4.37. The smallest absolute Gasteiger partial charge is 0.271 e. The third-order valence-electron chi connectivity index (χ3n) is 6.47. The molecule has 0 saturated carbocycles. The van der Waals surface area contributed by atoms with Crippen molar-refractivity contribution in [1.29, 1.82) is 0 Å². The molecule has 0 radical (unpaired) electrons. The lowest BCUT2D eigenvalue weighted by Crippen LogP contribution is -2.11. The SMILES string of the molecule is Cc1nc(C(=O)c2nc(C)n(-c3cccc4nc(C(C)(C)C)oc34)n2)nn1-c1cccc2nc(C(C)(C)C)oc12. The van der Waals surface area contributed by atoms with Gasteiger partial charge in [-0.05, 0) is 38.1 Å². The molecule has 6 rings (SSSR count). The molecular formula is C29H30N8O3. The minimum atomic E-state index is -0.496. The van der Waals surface area contributed by atoms with Crippen molar-refractivity contribution in [1.82, 2.24) is 39.5 Å². The summed E-state index contributed by atoms with van der Waals surface area (Å²) in [6.45, 7) is 15.8. The normalized spacial score (nSPS) is 12.6. The van der Waals surface area contributed by atoms with Gasteiger partial charge >= 0.3 is 0 Å². The van der Waals surface area contributed by atoms with Gasteiger partial charge in [-0.25, -0.2) is 29.3 Å². The molecular weight excluding hydrogens is 508 g/mol. The molecule has 0 fully saturated rings. The number of rotatable bonds is 4. The third-order valence-corrected chi connectivity index (χ3v) is 6.47. The highest BCUT2D eigenvalue weighted by Crippen LogP contribution is 2.31. The number of hydrogen-bond donors (Lipinski definition) is 0. The topological polar surface area (TPSA) is 131 Å². The number of benzene rings is 2. The van der Waals surface area contributed by atoms with Crippen LogP contribution in [-0.4, -0.2) is 45.3 Å². The van der Waals surface area contributed by atoms with E-state index in [0.29, 0.717) is 57.0 Å². The van der Waals surface area contributed by atoms with Crippen LogP contribution in [0.15, 0.2) is 45.2 Å². The van der Waals surface area contributed by atoms with E-state index in [1.807, 2.05) is 77.9 Å². The molecule has 0 atom stereocenters. The largest absolute Gasteiger partial charge is 0.438 e. The number of aromatic nitrogens is 8. The summed E-state index contributed by atoms with van der Waals surface area (Å²) < 4.78 is 15.4. The number of carbonyl (C=O) groups is 1. The van der Waals surface area contributed by atoms with Crippen LogP contribution in [-0.2, 0) is 10.8 Å². The Morgan fingerprint density at radius 3 is 1.43 bits per heavy atom. The van der Waals surface area contributed by atoms with Crippen molar-refractivity contribution < 1.29 is 13.6 Å². The highest BCUT2D eigenvalue weighted by Gasteiger charge is 2.27. The van der Waals surface area contributed by atoms with Gasteiger partial charge in [0.25, 0.3) is 5.78 Å². The van der Waals surface area contributed by atoms with Crippen LogP contribution >= 0.6 is 0 Å². The van der Waals surface area contributed by atoms with Crippen LogP contribution in [0.25, 0.3) is 33.6 Å². The number of fused-ring (bicyclic) bond motifs is 2. The highest BCUT2D eigenvalue weighted by molar-refractivity contribution is 6.03. The maximum Gasteiger partial charge on any atom is 0.271 e. The van der Waals surface area contributed by atoms with Crippen LogP contribution in [0.1, 0.15) is 81.4 Å². The Morgan fingerprint density at radius 2 is 1.05 bits per heavy atom. The van der Waals surface area contributed by atoms with Crippen LogP contribution in [0.2, 0.25) is 0 Å². The first-order valence-electron chi connectivity index (χ1n) is 13.0. The van der Waals surface area contributed by atoms with E-state index in [2.05, 4.69) is 30.1 Å². The molecule has 4 heterocycles. The summed E-state index contributed by atoms with van der Waals surface area (Å²) in [5.74, 6) is 1.73. The number of oxazole rings is 2. The molecule has 0 aliphatic heterocycles. The molecule has 11 nitrogen and oxygen atoms in total. The Morgan fingerprint density at radius 1 is 0.650 bits per heavy atom. The molecule has 0 N–H and O–H groups in total. The minimum absolute atomic E-state index is 0.0184. The summed E-state index contributed by atoms with van der Waals surface area (Å²) in [6, 6.07) is 11.2. The average molecular weight is 539 g/mol. The average Bonchev–Trinajstić information content (AvgIpc) is 3.66. The molecule has 0 bridgehead atoms. The predicted octanol–water partition coefficient (Wildman–Crippen LogP) is 5.57. The Kier molecular flexibility index (Phi) is 5.55. The van der Waals surface area contributed by atoms with Crippen LogP contribution in [0, 0.1) is 13.8 Å². The Balaban J connectivity index is 1.38. The van der Waals surface area contributed by atoms with Gasteiger partial charge in [0.1, 0.15) is 34.1 Å². The van der Waals surface area contributed by atoms with E-state index in [4.69, 9.17) is 8.83 Å². The third kappa shape index (κ3) is 4.18. The summed E-state index contributed by atoms with van der Waals surface area (Å²) in [7, 11) is 0. The van der Waals surface area contributed by atoms with E-state index in [0.717, 1.165) is 0 Å². The van der Waals surface area contributed by atoms with Gasteiger partial charge in [-0.15, -0.1) is 10.2 Å². The first-order valence-corrected chi connectivity index (χ1v) is 13.0. The molecule has 6 aromatic rings. The maximum absolute atomic E-state index is 13.5. The lowest BCUT2D eigenvalue weighted by atomic mass is 9.97. The van der Waals surface area contributed by atoms with Gasteiger partial charge in [-0.2, -0.15) is 0 Å². The van der Waals surface area contributed by atoms with E-state index in [-0.39, 0.29) is 22.5 Å². The molecule has 204 valence electrons. The number of ketones is 1. The van der Waals surface area contributed by atoms with Crippen molar-refractivity contribution in [3.8, 4) is 11.4 Å². The van der Waals surface area contributed by atoms with E-state index in [9.17, 15) is 4.79 Å². The number of nitrogens with zero attached hydrogens (tertiary/aromatic N) is 8. The predicted molar refractivity (Wildman–Crippen MR) is 148 cm³/mol. The van der Waals surface area contributed by atoms with Crippen molar-refractivity contribution in [2.24, 2.45) is 0 Å². The molecule has 0 spiro atoms. The van der Waals surface area contributed by atoms with Crippen LogP contribution in [0.4, 0.5) is 0 Å². The summed E-state index contributed by atoms with van der Waals surface area (Å²) in [4.78, 5) is 31.6. The quantitative estimate of drug-likeness (QED) is 0.264. The van der Waals surface area contributed by atoms with Crippen LogP contribution < -0.4 is 0 Å². The second-order valence-corrected chi connectivity index (χ2v) is 11.9. The zero-order valence-corrected chi connectivity index (χ0v) is 23.8. The van der Waals surface area contributed by atoms with Crippen LogP contribution in [0.5, 0.6) is 0 Å². The zero-order valence-electron chi connectivity index (χ0n) is 23.8. The number of para-hydroxylation sites is 2. The van der Waals surface area contributed by atoms with Gasteiger partial charge in [0.05, 0.1) is 0 Å². The fraction of sp³-hybridized carbons (Fsp3) is 0.345. The van der Waals surface area contributed by atoms with Gasteiger partial charge < -0.3 is 8.83 Å². The monoisotopic (exact) mass is 538 g/mol. The first kappa shape index (κ1) is 25.6. The summed E-state index contributed by atoms with van der Waals surface area (Å²) in [6.07, 6.45) is 0. The van der Waals surface area contributed by atoms with Crippen molar-refractivity contribution in [3.05, 3.63) is 71.5 Å². The lowest BCUT2D eigenvalue weighted by molar-refractivity contribution is 0.102. The van der Waals surface area contributed by atoms with Gasteiger partial charge in [0.15, 0.2) is 11.2 Å². The van der Waals surface area contributed by atoms with Crippen molar-refractivity contribution in [3.63, 3.8) is 0 Å². The molecule has 2 aromatic carbocycles. The Hall–Kier alpha value is -4.67. The molecule has 0 aliphatic rings. The van der Waals surface area contributed by atoms with Gasteiger partial charge in [0, 0.05) is 10.8 Å². The molecule has 0 unspecified atom stereocenters. The molecule has 4 aromatic heterocycles. The second-order valence-electron chi connectivity index (χ2n) is 11.9. The number of carbonyl (C=O) groups excluding carboxylic acids is 1. The van der Waals surface area contributed by atoms with Crippen LogP contribution in [0.3, 0.4) is 0 Å². The lowest BCUT2D eigenvalue weighted by Gasteiger charge is -2.11.